The molecule has 0 bridgehead atoms. The van der Waals surface area contributed by atoms with Gasteiger partial charge in [-0.1, -0.05) is 0 Å². The number of hydrogen-bond acceptors (Lipinski definition) is 4. The van der Waals surface area contributed by atoms with E-state index in [-0.39, 0.29) is 12.3 Å². The van der Waals surface area contributed by atoms with Gasteiger partial charge in [0.25, 0.3) is 0 Å². The van der Waals surface area contributed by atoms with E-state index in [0.29, 0.717) is 12.5 Å². The van der Waals surface area contributed by atoms with Gasteiger partial charge in [0.1, 0.15) is 6.04 Å². The quantitative estimate of drug-likeness (QED) is 0.660. The SMILES string of the molecule is CN1CCC(CN(C)C(=O)CC(N)C(=O)O)C1. The third-order valence-corrected chi connectivity index (χ3v) is 3.16. The van der Waals surface area contributed by atoms with Crippen LogP contribution in [0.1, 0.15) is 12.8 Å². The number of amides is 1. The number of aliphatic carboxylic acids is 1. The molecule has 0 saturated carbocycles. The monoisotopic (exact) mass is 243 g/mol. The van der Waals surface area contributed by atoms with Crippen LogP contribution in [0.5, 0.6) is 0 Å². The Labute approximate surface area is 101 Å². The Morgan fingerprint density at radius 1 is 1.59 bits per heavy atom. The Morgan fingerprint density at radius 2 is 2.24 bits per heavy atom. The van der Waals surface area contributed by atoms with Gasteiger partial charge in [-0.25, -0.2) is 0 Å². The summed E-state index contributed by atoms with van der Waals surface area (Å²) in [6, 6.07) is -1.10. The first-order valence-corrected chi connectivity index (χ1v) is 5.81. The number of likely N-dealkylation sites (tertiary alicyclic amines) is 1. The van der Waals surface area contributed by atoms with Gasteiger partial charge in [0.15, 0.2) is 0 Å². The number of nitrogens with two attached hydrogens (primary N) is 1. The first-order valence-electron chi connectivity index (χ1n) is 5.81. The van der Waals surface area contributed by atoms with Crippen molar-refractivity contribution in [3.8, 4) is 0 Å². The number of rotatable bonds is 5. The fourth-order valence-corrected chi connectivity index (χ4v) is 2.10. The average Bonchev–Trinajstić information content (AvgIpc) is 2.63. The summed E-state index contributed by atoms with van der Waals surface area (Å²) in [5, 5.41) is 8.63. The highest BCUT2D eigenvalue weighted by atomic mass is 16.4. The molecular formula is C11H21N3O3. The smallest absolute Gasteiger partial charge is 0.321 e. The standard InChI is InChI=1S/C11H21N3O3/c1-13-4-3-8(6-13)7-14(2)10(15)5-9(12)11(16)17/h8-9H,3-7,12H2,1-2H3,(H,16,17). The Bertz CT molecular complexity index is 296. The second-order valence-corrected chi connectivity index (χ2v) is 4.84. The van der Waals surface area contributed by atoms with Crippen LogP contribution in [0.3, 0.4) is 0 Å². The molecule has 0 aliphatic carbocycles. The third kappa shape index (κ3) is 4.32. The minimum Gasteiger partial charge on any atom is -0.480 e. The van der Waals surface area contributed by atoms with Gasteiger partial charge in [0.2, 0.25) is 5.91 Å². The fraction of sp³-hybridized carbons (Fsp3) is 0.818. The largest absolute Gasteiger partial charge is 0.480 e. The van der Waals surface area contributed by atoms with E-state index in [9.17, 15) is 9.59 Å². The number of carbonyl (C=O) groups excluding carboxylic acids is 1. The summed E-state index contributed by atoms with van der Waals surface area (Å²) in [7, 11) is 3.76. The Morgan fingerprint density at radius 3 is 2.71 bits per heavy atom. The minimum absolute atomic E-state index is 0.131. The van der Waals surface area contributed by atoms with E-state index in [1.807, 2.05) is 0 Å². The van der Waals surface area contributed by atoms with E-state index in [1.54, 1.807) is 11.9 Å². The Kier molecular flexibility index (Phi) is 4.89. The molecule has 2 atom stereocenters. The van der Waals surface area contributed by atoms with Crippen LogP contribution in [0.15, 0.2) is 0 Å². The van der Waals surface area contributed by atoms with E-state index < -0.39 is 12.0 Å². The Balaban J connectivity index is 2.34. The van der Waals surface area contributed by atoms with E-state index >= 15 is 0 Å². The van der Waals surface area contributed by atoms with Gasteiger partial charge in [0, 0.05) is 20.1 Å². The molecule has 1 amide bonds. The summed E-state index contributed by atoms with van der Waals surface area (Å²) in [6.45, 7) is 2.72. The Hall–Kier alpha value is -1.14. The molecule has 0 aromatic heterocycles. The lowest BCUT2D eigenvalue weighted by molar-refractivity contribution is -0.142. The van der Waals surface area contributed by atoms with Crippen molar-refractivity contribution in [1.82, 2.24) is 9.80 Å². The number of nitrogens with zero attached hydrogens (tertiary/aromatic N) is 2. The first-order chi connectivity index (χ1) is 7.90. The number of hydrogen-bond donors (Lipinski definition) is 2. The van der Waals surface area contributed by atoms with Crippen LogP contribution in [0, 0.1) is 5.92 Å². The molecule has 0 radical (unpaired) electrons. The summed E-state index contributed by atoms with van der Waals surface area (Å²) in [5.41, 5.74) is 5.33. The molecule has 0 aromatic carbocycles. The molecule has 1 aliphatic heterocycles. The maximum absolute atomic E-state index is 11.7. The van der Waals surface area contributed by atoms with Crippen molar-refractivity contribution in [1.29, 1.82) is 0 Å². The summed E-state index contributed by atoms with van der Waals surface area (Å²) >= 11 is 0. The van der Waals surface area contributed by atoms with Crippen molar-refractivity contribution in [3.63, 3.8) is 0 Å². The second kappa shape index (κ2) is 5.97. The van der Waals surface area contributed by atoms with Crippen LogP contribution < -0.4 is 5.73 Å². The zero-order valence-electron chi connectivity index (χ0n) is 10.4. The van der Waals surface area contributed by atoms with E-state index in [2.05, 4.69) is 11.9 Å². The highest BCUT2D eigenvalue weighted by molar-refractivity contribution is 5.84. The van der Waals surface area contributed by atoms with Gasteiger partial charge < -0.3 is 20.6 Å². The lowest BCUT2D eigenvalue weighted by Crippen LogP contribution is -2.39. The lowest BCUT2D eigenvalue weighted by Gasteiger charge is -2.22. The van der Waals surface area contributed by atoms with Gasteiger partial charge in [-0.2, -0.15) is 0 Å². The van der Waals surface area contributed by atoms with Crippen molar-refractivity contribution < 1.29 is 14.7 Å². The molecular weight excluding hydrogens is 222 g/mol. The minimum atomic E-state index is -1.13. The van der Waals surface area contributed by atoms with Crippen LogP contribution >= 0.6 is 0 Å². The molecule has 0 aromatic rings. The van der Waals surface area contributed by atoms with E-state index in [1.165, 1.54) is 0 Å². The molecule has 98 valence electrons. The molecule has 1 aliphatic rings. The van der Waals surface area contributed by atoms with Gasteiger partial charge in [0.05, 0.1) is 6.42 Å². The molecule has 1 rings (SSSR count). The van der Waals surface area contributed by atoms with Crippen molar-refractivity contribution in [2.75, 3.05) is 33.7 Å². The summed E-state index contributed by atoms with van der Waals surface area (Å²) in [4.78, 5) is 26.1. The number of carboxylic acids is 1. The molecule has 1 heterocycles. The van der Waals surface area contributed by atoms with E-state index in [0.717, 1.165) is 19.5 Å². The highest BCUT2D eigenvalue weighted by Gasteiger charge is 2.24. The number of carboxylic acid groups (broad SMARTS) is 1. The molecule has 6 nitrogen and oxygen atoms in total. The average molecular weight is 243 g/mol. The van der Waals surface area contributed by atoms with Crippen LogP contribution in [0.25, 0.3) is 0 Å². The third-order valence-electron chi connectivity index (χ3n) is 3.16. The maximum Gasteiger partial charge on any atom is 0.321 e. The summed E-state index contributed by atoms with van der Waals surface area (Å²) in [5.74, 6) is -0.850. The summed E-state index contributed by atoms with van der Waals surface area (Å²) in [6.07, 6.45) is 0.952. The van der Waals surface area contributed by atoms with Gasteiger partial charge >= 0.3 is 5.97 Å². The normalized spacial score (nSPS) is 22.4. The first kappa shape index (κ1) is 13.9. The van der Waals surface area contributed by atoms with Gasteiger partial charge in [-0.05, 0) is 25.9 Å². The van der Waals surface area contributed by atoms with Crippen LogP contribution in [-0.2, 0) is 9.59 Å². The van der Waals surface area contributed by atoms with Crippen LogP contribution in [-0.4, -0.2) is 66.6 Å². The summed E-state index contributed by atoms with van der Waals surface area (Å²) < 4.78 is 0. The molecule has 3 N–H and O–H groups in total. The topological polar surface area (TPSA) is 86.9 Å². The van der Waals surface area contributed by atoms with Crippen molar-refractivity contribution >= 4 is 11.9 Å². The van der Waals surface area contributed by atoms with Crippen LogP contribution in [0.2, 0.25) is 0 Å². The van der Waals surface area contributed by atoms with Crippen molar-refractivity contribution in [3.05, 3.63) is 0 Å². The van der Waals surface area contributed by atoms with Crippen molar-refractivity contribution in [2.45, 2.75) is 18.9 Å². The molecule has 1 fully saturated rings. The van der Waals surface area contributed by atoms with Crippen LogP contribution in [0.4, 0.5) is 0 Å². The van der Waals surface area contributed by atoms with Crippen molar-refractivity contribution in [2.24, 2.45) is 11.7 Å². The van der Waals surface area contributed by atoms with Gasteiger partial charge in [-0.3, -0.25) is 9.59 Å². The second-order valence-electron chi connectivity index (χ2n) is 4.84. The molecule has 0 spiro atoms. The molecule has 6 heteroatoms. The zero-order chi connectivity index (χ0) is 13.0. The molecule has 2 unspecified atom stereocenters. The molecule has 17 heavy (non-hydrogen) atoms. The predicted octanol–water partition coefficient (Wildman–Crippen LogP) is -0.801. The van der Waals surface area contributed by atoms with Gasteiger partial charge in [-0.15, -0.1) is 0 Å². The highest BCUT2D eigenvalue weighted by Crippen LogP contribution is 2.15. The lowest BCUT2D eigenvalue weighted by atomic mass is 10.1. The molecule has 1 saturated heterocycles. The number of carbonyl (C=O) groups is 2. The fourth-order valence-electron chi connectivity index (χ4n) is 2.10. The van der Waals surface area contributed by atoms with E-state index in [4.69, 9.17) is 10.8 Å². The maximum atomic E-state index is 11.7. The predicted molar refractivity (Wildman–Crippen MR) is 63.5 cm³/mol. The zero-order valence-corrected chi connectivity index (χ0v) is 10.4.